The molecule has 3 heteroatoms. The molecule has 0 heterocycles. The third-order valence-corrected chi connectivity index (χ3v) is 3.65. The van der Waals surface area contributed by atoms with Crippen molar-refractivity contribution in [3.8, 4) is 6.07 Å². The Morgan fingerprint density at radius 2 is 1.68 bits per heavy atom. The molecular formula is C16H12INO. The summed E-state index contributed by atoms with van der Waals surface area (Å²) in [4.78, 5) is 12.3. The highest BCUT2D eigenvalue weighted by Crippen LogP contribution is 2.21. The highest BCUT2D eigenvalue weighted by atomic mass is 127. The van der Waals surface area contributed by atoms with Gasteiger partial charge >= 0.3 is 0 Å². The minimum absolute atomic E-state index is 0.150. The smallest absolute Gasteiger partial charge is 0.184 e. The van der Waals surface area contributed by atoms with Crippen LogP contribution in [0.3, 0.4) is 0 Å². The molecule has 94 valence electrons. The number of aryl methyl sites for hydroxylation is 1. The second-order valence-electron chi connectivity index (χ2n) is 4.34. The summed E-state index contributed by atoms with van der Waals surface area (Å²) in [5.74, 6) is -0.886. The fourth-order valence-electron chi connectivity index (χ4n) is 1.82. The molecule has 0 bridgehead atoms. The van der Waals surface area contributed by atoms with Crippen LogP contribution >= 0.6 is 22.6 Å². The lowest BCUT2D eigenvalue weighted by molar-refractivity contribution is 0.0979. The van der Waals surface area contributed by atoms with E-state index in [9.17, 15) is 10.1 Å². The van der Waals surface area contributed by atoms with E-state index in [0.29, 0.717) is 5.56 Å². The van der Waals surface area contributed by atoms with Crippen LogP contribution in [0.4, 0.5) is 0 Å². The van der Waals surface area contributed by atoms with Crippen molar-refractivity contribution >= 4 is 28.4 Å². The number of benzene rings is 2. The lowest BCUT2D eigenvalue weighted by atomic mass is 9.91. The molecular weight excluding hydrogens is 349 g/mol. The molecule has 1 unspecified atom stereocenters. The monoisotopic (exact) mass is 361 g/mol. The molecule has 19 heavy (non-hydrogen) atoms. The van der Waals surface area contributed by atoms with Crippen molar-refractivity contribution in [2.45, 2.75) is 12.8 Å². The van der Waals surface area contributed by atoms with Gasteiger partial charge in [-0.15, -0.1) is 0 Å². The maximum atomic E-state index is 12.3. The number of hydrogen-bond acceptors (Lipinski definition) is 2. The number of carbonyl (C=O) groups is 1. The number of rotatable bonds is 3. The molecule has 0 saturated heterocycles. The molecule has 2 aromatic rings. The zero-order valence-corrected chi connectivity index (χ0v) is 12.6. The van der Waals surface area contributed by atoms with Gasteiger partial charge in [-0.25, -0.2) is 0 Å². The van der Waals surface area contributed by atoms with Gasteiger partial charge in [0.15, 0.2) is 5.78 Å². The molecule has 0 aliphatic heterocycles. The first kappa shape index (κ1) is 13.8. The number of ketones is 1. The predicted molar refractivity (Wildman–Crippen MR) is 83.0 cm³/mol. The molecule has 2 nitrogen and oxygen atoms in total. The normalized spacial score (nSPS) is 11.6. The van der Waals surface area contributed by atoms with Crippen molar-refractivity contribution in [3.63, 3.8) is 0 Å². The number of hydrogen-bond donors (Lipinski definition) is 0. The number of halogens is 1. The average Bonchev–Trinajstić information content (AvgIpc) is 2.42. The first-order chi connectivity index (χ1) is 9.11. The molecule has 2 aromatic carbocycles. The Morgan fingerprint density at radius 1 is 1.11 bits per heavy atom. The summed E-state index contributed by atoms with van der Waals surface area (Å²) in [6, 6.07) is 16.9. The highest BCUT2D eigenvalue weighted by Gasteiger charge is 2.21. The summed E-state index contributed by atoms with van der Waals surface area (Å²) >= 11 is 2.19. The second-order valence-corrected chi connectivity index (χ2v) is 5.59. The van der Waals surface area contributed by atoms with E-state index in [2.05, 4.69) is 28.7 Å². The molecule has 0 saturated carbocycles. The lowest BCUT2D eigenvalue weighted by Gasteiger charge is -2.09. The van der Waals surface area contributed by atoms with Crippen molar-refractivity contribution in [1.29, 1.82) is 5.26 Å². The van der Waals surface area contributed by atoms with E-state index in [1.165, 1.54) is 0 Å². The lowest BCUT2D eigenvalue weighted by Crippen LogP contribution is -2.11. The van der Waals surface area contributed by atoms with Gasteiger partial charge in [-0.2, -0.15) is 5.26 Å². The largest absolute Gasteiger partial charge is 0.292 e. The van der Waals surface area contributed by atoms with Gasteiger partial charge in [-0.3, -0.25) is 4.79 Å². The number of Topliss-reactive ketones (excluding diaryl/α,β-unsaturated/α-hetero) is 1. The summed E-state index contributed by atoms with van der Waals surface area (Å²) in [7, 11) is 0. The minimum Gasteiger partial charge on any atom is -0.292 e. The van der Waals surface area contributed by atoms with Gasteiger partial charge in [0.05, 0.1) is 6.07 Å². The molecule has 0 aliphatic rings. The van der Waals surface area contributed by atoms with Crippen molar-refractivity contribution in [3.05, 3.63) is 68.8 Å². The van der Waals surface area contributed by atoms with Gasteiger partial charge in [-0.05, 0) is 47.2 Å². The maximum Gasteiger partial charge on any atom is 0.184 e. The maximum absolute atomic E-state index is 12.3. The Labute approximate surface area is 126 Å². The average molecular weight is 361 g/mol. The van der Waals surface area contributed by atoms with Crippen LogP contribution < -0.4 is 0 Å². The molecule has 0 aromatic heterocycles. The standard InChI is InChI=1S/C16H12INO/c1-11-2-4-12(5-3-11)15(10-18)16(19)13-6-8-14(17)9-7-13/h2-9,15H,1H3. The van der Waals surface area contributed by atoms with E-state index >= 15 is 0 Å². The Morgan fingerprint density at radius 3 is 2.21 bits per heavy atom. The van der Waals surface area contributed by atoms with E-state index in [0.717, 1.165) is 14.7 Å². The van der Waals surface area contributed by atoms with Crippen LogP contribution in [0.5, 0.6) is 0 Å². The number of carbonyl (C=O) groups excluding carboxylic acids is 1. The predicted octanol–water partition coefficient (Wildman–Crippen LogP) is 4.09. The molecule has 2 rings (SSSR count). The van der Waals surface area contributed by atoms with Crippen LogP contribution in [-0.4, -0.2) is 5.78 Å². The van der Waals surface area contributed by atoms with Crippen LogP contribution in [-0.2, 0) is 0 Å². The van der Waals surface area contributed by atoms with Crippen molar-refractivity contribution in [1.82, 2.24) is 0 Å². The Hall–Kier alpha value is -1.67. The molecule has 0 radical (unpaired) electrons. The van der Waals surface area contributed by atoms with Gasteiger partial charge < -0.3 is 0 Å². The molecule has 0 N–H and O–H groups in total. The number of nitrogens with zero attached hydrogens (tertiary/aromatic N) is 1. The zero-order valence-electron chi connectivity index (χ0n) is 10.4. The Bertz CT molecular complexity index is 623. The van der Waals surface area contributed by atoms with Gasteiger partial charge in [0.1, 0.15) is 5.92 Å². The SMILES string of the molecule is Cc1ccc(C(C#N)C(=O)c2ccc(I)cc2)cc1. The van der Waals surface area contributed by atoms with Crippen LogP contribution in [0.15, 0.2) is 48.5 Å². The summed E-state index contributed by atoms with van der Waals surface area (Å²) in [5, 5.41) is 9.26. The summed E-state index contributed by atoms with van der Waals surface area (Å²) in [6.45, 7) is 1.98. The van der Waals surface area contributed by atoms with Crippen molar-refractivity contribution < 1.29 is 4.79 Å². The van der Waals surface area contributed by atoms with Crippen LogP contribution in [0.25, 0.3) is 0 Å². The number of nitriles is 1. The quantitative estimate of drug-likeness (QED) is 0.610. The van der Waals surface area contributed by atoms with E-state index in [1.807, 2.05) is 43.3 Å². The van der Waals surface area contributed by atoms with Crippen LogP contribution in [0.1, 0.15) is 27.4 Å². The van der Waals surface area contributed by atoms with Gasteiger partial charge in [0.2, 0.25) is 0 Å². The van der Waals surface area contributed by atoms with E-state index in [4.69, 9.17) is 0 Å². The molecule has 0 aliphatic carbocycles. The fraction of sp³-hybridized carbons (Fsp3) is 0.125. The van der Waals surface area contributed by atoms with E-state index in [1.54, 1.807) is 12.1 Å². The van der Waals surface area contributed by atoms with Crippen molar-refractivity contribution in [2.24, 2.45) is 0 Å². The first-order valence-electron chi connectivity index (χ1n) is 5.88. The van der Waals surface area contributed by atoms with E-state index in [-0.39, 0.29) is 5.78 Å². The summed E-state index contributed by atoms with van der Waals surface area (Å²) in [5.41, 5.74) is 2.44. The zero-order chi connectivity index (χ0) is 13.8. The fourth-order valence-corrected chi connectivity index (χ4v) is 2.18. The van der Waals surface area contributed by atoms with Crippen molar-refractivity contribution in [2.75, 3.05) is 0 Å². The minimum atomic E-state index is -0.735. The third kappa shape index (κ3) is 3.21. The third-order valence-electron chi connectivity index (χ3n) is 2.93. The van der Waals surface area contributed by atoms with E-state index < -0.39 is 5.92 Å². The van der Waals surface area contributed by atoms with Gasteiger partial charge in [0.25, 0.3) is 0 Å². The molecule has 0 fully saturated rings. The topological polar surface area (TPSA) is 40.9 Å². The highest BCUT2D eigenvalue weighted by molar-refractivity contribution is 14.1. The summed E-state index contributed by atoms with van der Waals surface area (Å²) < 4.78 is 1.07. The van der Waals surface area contributed by atoms with Crippen LogP contribution in [0.2, 0.25) is 0 Å². The first-order valence-corrected chi connectivity index (χ1v) is 6.95. The molecule has 1 atom stereocenters. The van der Waals surface area contributed by atoms with Gasteiger partial charge in [0, 0.05) is 9.13 Å². The Kier molecular flexibility index (Phi) is 4.33. The second kappa shape index (κ2) is 5.98. The van der Waals surface area contributed by atoms with Gasteiger partial charge in [-0.1, -0.05) is 42.0 Å². The Balaban J connectivity index is 2.32. The molecule has 0 amide bonds. The molecule has 0 spiro atoms. The summed E-state index contributed by atoms with van der Waals surface area (Å²) in [6.07, 6.45) is 0. The van der Waals surface area contributed by atoms with Crippen LogP contribution in [0, 0.1) is 21.8 Å².